The maximum atomic E-state index is 12.2. The maximum absolute atomic E-state index is 12.2. The van der Waals surface area contributed by atoms with Gasteiger partial charge in [0, 0.05) is 15.7 Å². The van der Waals surface area contributed by atoms with E-state index in [1.165, 1.54) is 30.7 Å². The van der Waals surface area contributed by atoms with Crippen LogP contribution in [-0.2, 0) is 20.1 Å². The molecule has 2 rings (SSSR count). The lowest BCUT2D eigenvalue weighted by Crippen LogP contribution is -2.30. The minimum absolute atomic E-state index is 0.190. The van der Waals surface area contributed by atoms with Crippen molar-refractivity contribution in [3.05, 3.63) is 45.6 Å². The lowest BCUT2D eigenvalue weighted by Gasteiger charge is -2.15. The van der Waals surface area contributed by atoms with Gasteiger partial charge in [-0.05, 0) is 36.6 Å². The van der Waals surface area contributed by atoms with E-state index in [2.05, 4.69) is 5.32 Å². The normalized spacial score (nSPS) is 11.6. The van der Waals surface area contributed by atoms with E-state index in [0.29, 0.717) is 16.5 Å². The molecule has 1 aromatic heterocycles. The van der Waals surface area contributed by atoms with Crippen molar-refractivity contribution in [2.45, 2.75) is 18.8 Å². The van der Waals surface area contributed by atoms with Gasteiger partial charge in [-0.15, -0.1) is 23.1 Å². The van der Waals surface area contributed by atoms with Gasteiger partial charge in [-0.2, -0.15) is 0 Å². The molecular weight excluding hydrogens is 382 g/mol. The van der Waals surface area contributed by atoms with Crippen molar-refractivity contribution in [1.82, 2.24) is 0 Å². The van der Waals surface area contributed by atoms with Crippen LogP contribution in [0.3, 0.4) is 0 Å². The number of amides is 1. The molecule has 134 valence electrons. The Kier molecular flexibility index (Phi) is 7.61. The van der Waals surface area contributed by atoms with Gasteiger partial charge in [-0.1, -0.05) is 17.7 Å². The highest BCUT2D eigenvalue weighted by molar-refractivity contribution is 7.99. The van der Waals surface area contributed by atoms with E-state index >= 15 is 0 Å². The average molecular weight is 400 g/mol. The standard InChI is InChI=1S/C17H18ClNO4S2/c1-11(23-16(20)10-24-9-13-4-3-7-25-13)17(21)19-14-8-12(18)5-6-15(14)22-2/h3-8,11H,9-10H2,1-2H3,(H,19,21)/t11-/m0/s1. The third kappa shape index (κ3) is 6.26. The van der Waals surface area contributed by atoms with Crippen LogP contribution < -0.4 is 10.1 Å². The molecule has 0 saturated heterocycles. The highest BCUT2D eigenvalue weighted by atomic mass is 35.5. The first kappa shape index (κ1) is 19.6. The number of benzene rings is 1. The highest BCUT2D eigenvalue weighted by Gasteiger charge is 2.19. The number of nitrogens with one attached hydrogen (secondary N) is 1. The molecule has 1 N–H and O–H groups in total. The van der Waals surface area contributed by atoms with Gasteiger partial charge in [0.05, 0.1) is 18.6 Å². The summed E-state index contributed by atoms with van der Waals surface area (Å²) in [6, 6.07) is 8.86. The minimum atomic E-state index is -0.918. The molecular formula is C17H18ClNO4S2. The molecule has 0 aliphatic heterocycles. The Morgan fingerprint density at radius 1 is 1.36 bits per heavy atom. The topological polar surface area (TPSA) is 64.6 Å². The Morgan fingerprint density at radius 3 is 2.84 bits per heavy atom. The van der Waals surface area contributed by atoms with E-state index in [1.54, 1.807) is 29.5 Å². The highest BCUT2D eigenvalue weighted by Crippen LogP contribution is 2.27. The Balaban J connectivity index is 1.81. The summed E-state index contributed by atoms with van der Waals surface area (Å²) in [4.78, 5) is 25.2. The Morgan fingerprint density at radius 2 is 2.16 bits per heavy atom. The second-order valence-corrected chi connectivity index (χ2v) is 7.49. The number of anilines is 1. The summed E-state index contributed by atoms with van der Waals surface area (Å²) in [6.07, 6.45) is -0.918. The van der Waals surface area contributed by atoms with Gasteiger partial charge in [0.1, 0.15) is 5.75 Å². The molecule has 0 radical (unpaired) electrons. The van der Waals surface area contributed by atoms with E-state index in [0.717, 1.165) is 5.75 Å². The van der Waals surface area contributed by atoms with Gasteiger partial charge in [0.25, 0.3) is 5.91 Å². The number of ether oxygens (including phenoxy) is 2. The number of hydrogen-bond donors (Lipinski definition) is 1. The molecule has 0 spiro atoms. The molecule has 0 saturated carbocycles. The molecule has 0 aliphatic carbocycles. The molecule has 5 nitrogen and oxygen atoms in total. The van der Waals surface area contributed by atoms with Crippen LogP contribution in [-0.4, -0.2) is 30.8 Å². The van der Waals surface area contributed by atoms with Gasteiger partial charge < -0.3 is 14.8 Å². The molecule has 1 heterocycles. The molecule has 25 heavy (non-hydrogen) atoms. The largest absolute Gasteiger partial charge is 0.495 e. The maximum Gasteiger partial charge on any atom is 0.316 e. The first-order chi connectivity index (χ1) is 12.0. The van der Waals surface area contributed by atoms with Gasteiger partial charge in [0.15, 0.2) is 6.10 Å². The van der Waals surface area contributed by atoms with Gasteiger partial charge in [-0.25, -0.2) is 0 Å². The predicted molar refractivity (Wildman–Crippen MR) is 103 cm³/mol. The zero-order chi connectivity index (χ0) is 18.2. The molecule has 0 bridgehead atoms. The predicted octanol–water partition coefficient (Wildman–Crippen LogP) is 4.21. The first-order valence-corrected chi connectivity index (χ1v) is 9.85. The van der Waals surface area contributed by atoms with Crippen LogP contribution >= 0.6 is 34.7 Å². The van der Waals surface area contributed by atoms with Crippen molar-refractivity contribution in [3.8, 4) is 5.75 Å². The molecule has 0 unspecified atom stereocenters. The number of methoxy groups -OCH3 is 1. The second-order valence-electron chi connectivity index (χ2n) is 5.04. The van der Waals surface area contributed by atoms with E-state index in [1.807, 2.05) is 17.5 Å². The summed E-state index contributed by atoms with van der Waals surface area (Å²) in [5, 5.41) is 5.11. The molecule has 0 aliphatic rings. The summed E-state index contributed by atoms with van der Waals surface area (Å²) in [5.74, 6) is 0.533. The number of halogens is 1. The molecule has 1 aromatic carbocycles. The van der Waals surface area contributed by atoms with Crippen molar-refractivity contribution in [2.24, 2.45) is 0 Å². The number of carbonyl (C=O) groups excluding carboxylic acids is 2. The van der Waals surface area contributed by atoms with Crippen LogP contribution in [0, 0.1) is 0 Å². The lowest BCUT2D eigenvalue weighted by molar-refractivity contribution is -0.150. The summed E-state index contributed by atoms with van der Waals surface area (Å²) < 4.78 is 10.3. The van der Waals surface area contributed by atoms with Gasteiger partial charge in [-0.3, -0.25) is 9.59 Å². The quantitative estimate of drug-likeness (QED) is 0.673. The van der Waals surface area contributed by atoms with Crippen molar-refractivity contribution in [1.29, 1.82) is 0 Å². The van der Waals surface area contributed by atoms with Crippen LogP contribution in [0.4, 0.5) is 5.69 Å². The summed E-state index contributed by atoms with van der Waals surface area (Å²) in [7, 11) is 1.49. The number of rotatable bonds is 8. The Hall–Kier alpha value is -1.70. The monoisotopic (exact) mass is 399 g/mol. The van der Waals surface area contributed by atoms with E-state index < -0.39 is 18.0 Å². The number of carbonyl (C=O) groups is 2. The molecule has 1 amide bonds. The van der Waals surface area contributed by atoms with Crippen LogP contribution in [0.1, 0.15) is 11.8 Å². The van der Waals surface area contributed by atoms with Crippen molar-refractivity contribution in [2.75, 3.05) is 18.2 Å². The van der Waals surface area contributed by atoms with Gasteiger partial charge in [0.2, 0.25) is 0 Å². The zero-order valence-electron chi connectivity index (χ0n) is 13.8. The fourth-order valence-corrected chi connectivity index (χ4v) is 3.74. The summed E-state index contributed by atoms with van der Waals surface area (Å²) in [5.41, 5.74) is 0.426. The first-order valence-electron chi connectivity index (χ1n) is 7.43. The number of esters is 1. The van der Waals surface area contributed by atoms with Crippen LogP contribution in [0.5, 0.6) is 5.75 Å². The number of thiophene rings is 1. The molecule has 8 heteroatoms. The van der Waals surface area contributed by atoms with Crippen molar-refractivity contribution >= 4 is 52.3 Å². The third-order valence-corrected chi connectivity index (χ3v) is 5.39. The van der Waals surface area contributed by atoms with Crippen LogP contribution in [0.2, 0.25) is 5.02 Å². The third-order valence-electron chi connectivity index (χ3n) is 3.14. The number of hydrogen-bond acceptors (Lipinski definition) is 6. The van der Waals surface area contributed by atoms with Crippen molar-refractivity contribution in [3.63, 3.8) is 0 Å². The smallest absolute Gasteiger partial charge is 0.316 e. The molecule has 0 fully saturated rings. The summed E-state index contributed by atoms with van der Waals surface area (Å²) >= 11 is 9.02. The van der Waals surface area contributed by atoms with Crippen LogP contribution in [0.15, 0.2) is 35.7 Å². The minimum Gasteiger partial charge on any atom is -0.495 e. The Bertz CT molecular complexity index is 721. The Labute approximate surface area is 159 Å². The average Bonchev–Trinajstić information content (AvgIpc) is 3.08. The zero-order valence-corrected chi connectivity index (χ0v) is 16.2. The summed E-state index contributed by atoms with van der Waals surface area (Å²) in [6.45, 7) is 1.52. The SMILES string of the molecule is COc1ccc(Cl)cc1NC(=O)[C@H](C)OC(=O)CSCc1cccs1. The fraction of sp³-hybridized carbons (Fsp3) is 0.294. The van der Waals surface area contributed by atoms with E-state index in [-0.39, 0.29) is 5.75 Å². The lowest BCUT2D eigenvalue weighted by atomic mass is 10.2. The second kappa shape index (κ2) is 9.70. The number of thioether (sulfide) groups is 1. The fourth-order valence-electron chi connectivity index (χ4n) is 1.93. The molecule has 1 atom stereocenters. The molecule has 2 aromatic rings. The van der Waals surface area contributed by atoms with Gasteiger partial charge >= 0.3 is 5.97 Å². The van der Waals surface area contributed by atoms with E-state index in [4.69, 9.17) is 21.1 Å². The van der Waals surface area contributed by atoms with Crippen LogP contribution in [0.25, 0.3) is 0 Å². The van der Waals surface area contributed by atoms with Crippen molar-refractivity contribution < 1.29 is 19.1 Å². The van der Waals surface area contributed by atoms with E-state index in [9.17, 15) is 9.59 Å².